The summed E-state index contributed by atoms with van der Waals surface area (Å²) in [5, 5.41) is 3.04. The highest BCUT2D eigenvalue weighted by Crippen LogP contribution is 2.36. The summed E-state index contributed by atoms with van der Waals surface area (Å²) in [6.45, 7) is 1.74. The normalized spacial score (nSPS) is 11.4. The van der Waals surface area contributed by atoms with Crippen LogP contribution in [0.25, 0.3) is 21.8 Å². The standard InChI is InChI=1S/C22H18F3N5O6/c1-9-10-5-6-13(34-3)17(35-4)15(10)27-20(26-9)30-21-28-16-12(33-2)8-7-11(14(16)18(31)29-21)36-19(32)22(23,24)25/h5-8H,1-4H3,(H2,26,27,28,29,30,31). The van der Waals surface area contributed by atoms with Crippen LogP contribution in [-0.2, 0) is 4.79 Å². The Balaban J connectivity index is 1.82. The number of nitrogens with one attached hydrogen (secondary N) is 2. The average Bonchev–Trinajstić information content (AvgIpc) is 2.82. The van der Waals surface area contributed by atoms with Crippen molar-refractivity contribution in [2.45, 2.75) is 13.1 Å². The molecule has 4 rings (SSSR count). The third-order valence-electron chi connectivity index (χ3n) is 5.07. The Labute approximate surface area is 200 Å². The van der Waals surface area contributed by atoms with Crippen molar-refractivity contribution < 1.29 is 36.9 Å². The minimum atomic E-state index is -5.26. The number of halogens is 3. The number of esters is 1. The first-order valence-corrected chi connectivity index (χ1v) is 10.1. The first-order chi connectivity index (χ1) is 17.1. The van der Waals surface area contributed by atoms with E-state index in [0.717, 1.165) is 6.07 Å². The third-order valence-corrected chi connectivity index (χ3v) is 5.07. The van der Waals surface area contributed by atoms with E-state index < -0.39 is 28.8 Å². The SMILES string of the molecule is COc1ccc2c(C)nc(Nc3nc4c(OC)ccc(OC(=O)C(F)(F)F)c4c(=O)[nH]3)nc2c1OC. The Hall–Kier alpha value is -4.62. The zero-order valence-electron chi connectivity index (χ0n) is 19.2. The van der Waals surface area contributed by atoms with Crippen LogP contribution in [0.3, 0.4) is 0 Å². The molecule has 0 fully saturated rings. The molecule has 0 aliphatic carbocycles. The van der Waals surface area contributed by atoms with Gasteiger partial charge in [0.05, 0.1) is 27.0 Å². The molecule has 0 saturated carbocycles. The molecule has 2 heterocycles. The van der Waals surface area contributed by atoms with Gasteiger partial charge in [-0.05, 0) is 31.2 Å². The maximum atomic E-state index is 12.8. The van der Waals surface area contributed by atoms with E-state index in [2.05, 4.69) is 30.0 Å². The summed E-state index contributed by atoms with van der Waals surface area (Å²) in [6.07, 6.45) is -5.26. The number of benzene rings is 2. The minimum Gasteiger partial charge on any atom is -0.494 e. The van der Waals surface area contributed by atoms with Crippen LogP contribution in [-0.4, -0.2) is 53.4 Å². The molecule has 0 amide bonds. The van der Waals surface area contributed by atoms with E-state index in [1.807, 2.05) is 0 Å². The summed E-state index contributed by atoms with van der Waals surface area (Å²) in [7, 11) is 4.22. The number of aromatic amines is 1. The number of hydrogen-bond acceptors (Lipinski definition) is 10. The number of nitrogens with zero attached hydrogens (tertiary/aromatic N) is 3. The van der Waals surface area contributed by atoms with Gasteiger partial charge in [-0.3, -0.25) is 15.1 Å². The molecule has 2 N–H and O–H groups in total. The number of carbonyl (C=O) groups is 1. The molecule has 4 aromatic rings. The van der Waals surface area contributed by atoms with Gasteiger partial charge in [-0.1, -0.05) is 0 Å². The number of fused-ring (bicyclic) bond motifs is 2. The monoisotopic (exact) mass is 505 g/mol. The molecule has 0 atom stereocenters. The third kappa shape index (κ3) is 4.39. The van der Waals surface area contributed by atoms with E-state index in [9.17, 15) is 22.8 Å². The van der Waals surface area contributed by atoms with E-state index in [1.54, 1.807) is 19.1 Å². The maximum absolute atomic E-state index is 12.8. The van der Waals surface area contributed by atoms with Gasteiger partial charge < -0.3 is 18.9 Å². The number of carbonyl (C=O) groups excluding carboxylic acids is 1. The molecular formula is C22H18F3N5O6. The van der Waals surface area contributed by atoms with E-state index in [0.29, 0.717) is 28.1 Å². The van der Waals surface area contributed by atoms with Gasteiger partial charge in [0.25, 0.3) is 5.56 Å². The summed E-state index contributed by atoms with van der Waals surface area (Å²) in [4.78, 5) is 39.5. The van der Waals surface area contributed by atoms with E-state index >= 15 is 0 Å². The Morgan fingerprint density at radius 3 is 2.22 bits per heavy atom. The zero-order valence-corrected chi connectivity index (χ0v) is 19.2. The van der Waals surface area contributed by atoms with Crippen molar-refractivity contribution in [2.75, 3.05) is 26.6 Å². The van der Waals surface area contributed by atoms with Crippen molar-refractivity contribution in [2.24, 2.45) is 0 Å². The minimum absolute atomic E-state index is 0.0349. The molecule has 11 nitrogen and oxygen atoms in total. The molecule has 36 heavy (non-hydrogen) atoms. The summed E-state index contributed by atoms with van der Waals surface area (Å²) in [5.41, 5.74) is -0.0597. The predicted octanol–water partition coefficient (Wildman–Crippen LogP) is 3.41. The second kappa shape index (κ2) is 9.20. The number of aromatic nitrogens is 4. The molecule has 0 aliphatic rings. The van der Waals surface area contributed by atoms with Crippen LogP contribution >= 0.6 is 0 Å². The van der Waals surface area contributed by atoms with E-state index in [-0.39, 0.29) is 23.2 Å². The van der Waals surface area contributed by atoms with Gasteiger partial charge in [-0.2, -0.15) is 13.2 Å². The number of H-pyrrole nitrogens is 1. The van der Waals surface area contributed by atoms with E-state index in [1.165, 1.54) is 27.4 Å². The van der Waals surface area contributed by atoms with E-state index in [4.69, 9.17) is 14.2 Å². The first-order valence-electron chi connectivity index (χ1n) is 10.1. The Morgan fingerprint density at radius 1 is 0.917 bits per heavy atom. The highest BCUT2D eigenvalue weighted by molar-refractivity contribution is 5.93. The lowest BCUT2D eigenvalue weighted by Crippen LogP contribution is -2.28. The molecular weight excluding hydrogens is 487 g/mol. The highest BCUT2D eigenvalue weighted by Gasteiger charge is 2.41. The molecule has 0 saturated heterocycles. The maximum Gasteiger partial charge on any atom is 0.491 e. The predicted molar refractivity (Wildman–Crippen MR) is 121 cm³/mol. The molecule has 0 spiro atoms. The Bertz CT molecular complexity index is 1550. The highest BCUT2D eigenvalue weighted by atomic mass is 19.4. The largest absolute Gasteiger partial charge is 0.494 e. The molecule has 0 bridgehead atoms. The molecule has 188 valence electrons. The second-order valence-corrected chi connectivity index (χ2v) is 7.25. The molecule has 0 aliphatic heterocycles. The molecule has 14 heteroatoms. The van der Waals surface area contributed by atoms with Gasteiger partial charge in [-0.15, -0.1) is 0 Å². The number of ether oxygens (including phenoxy) is 4. The van der Waals surface area contributed by atoms with Crippen LogP contribution in [0.4, 0.5) is 25.1 Å². The smallest absolute Gasteiger partial charge is 0.491 e. The number of rotatable bonds is 6. The zero-order chi connectivity index (χ0) is 26.2. The number of methoxy groups -OCH3 is 3. The van der Waals surface area contributed by atoms with Gasteiger partial charge >= 0.3 is 12.1 Å². The molecule has 0 radical (unpaired) electrons. The van der Waals surface area contributed by atoms with Gasteiger partial charge in [0.15, 0.2) is 11.5 Å². The van der Waals surface area contributed by atoms with Crippen LogP contribution in [0.2, 0.25) is 0 Å². The van der Waals surface area contributed by atoms with Crippen LogP contribution in [0.15, 0.2) is 29.1 Å². The molecule has 2 aromatic carbocycles. The van der Waals surface area contributed by atoms with Crippen molar-refractivity contribution >= 4 is 39.7 Å². The summed E-state index contributed by atoms with van der Waals surface area (Å²) < 4.78 is 58.4. The van der Waals surface area contributed by atoms with Crippen LogP contribution < -0.4 is 29.8 Å². The summed E-state index contributed by atoms with van der Waals surface area (Å²) in [5.74, 6) is -2.38. The second-order valence-electron chi connectivity index (χ2n) is 7.25. The van der Waals surface area contributed by atoms with Crippen molar-refractivity contribution in [3.05, 3.63) is 40.3 Å². The van der Waals surface area contributed by atoms with Gasteiger partial charge in [0.1, 0.15) is 27.9 Å². The number of anilines is 2. The van der Waals surface area contributed by atoms with Crippen molar-refractivity contribution in [1.82, 2.24) is 19.9 Å². The molecule has 2 aromatic heterocycles. The van der Waals surface area contributed by atoms with Crippen LogP contribution in [0.1, 0.15) is 5.69 Å². The lowest BCUT2D eigenvalue weighted by molar-refractivity contribution is -0.189. The fourth-order valence-corrected chi connectivity index (χ4v) is 3.49. The lowest BCUT2D eigenvalue weighted by Gasteiger charge is -2.14. The Morgan fingerprint density at radius 2 is 1.58 bits per heavy atom. The fraction of sp³-hybridized carbons (Fsp3) is 0.227. The van der Waals surface area contributed by atoms with Crippen molar-refractivity contribution in [1.29, 1.82) is 0 Å². The van der Waals surface area contributed by atoms with Gasteiger partial charge in [0.2, 0.25) is 11.9 Å². The average molecular weight is 505 g/mol. The quantitative estimate of drug-likeness (QED) is 0.296. The topological polar surface area (TPSA) is 138 Å². The van der Waals surface area contributed by atoms with Crippen molar-refractivity contribution in [3.8, 4) is 23.0 Å². The fourth-order valence-electron chi connectivity index (χ4n) is 3.49. The van der Waals surface area contributed by atoms with Crippen LogP contribution in [0, 0.1) is 6.92 Å². The number of hydrogen-bond donors (Lipinski definition) is 2. The van der Waals surface area contributed by atoms with Gasteiger partial charge in [-0.25, -0.2) is 19.7 Å². The first kappa shape index (κ1) is 24.5. The molecule has 0 unspecified atom stereocenters. The summed E-state index contributed by atoms with van der Waals surface area (Å²) in [6, 6.07) is 5.69. The Kier molecular flexibility index (Phi) is 6.26. The summed E-state index contributed by atoms with van der Waals surface area (Å²) >= 11 is 0. The van der Waals surface area contributed by atoms with Gasteiger partial charge in [0, 0.05) is 5.39 Å². The number of aryl methyl sites for hydroxylation is 1. The lowest BCUT2D eigenvalue weighted by atomic mass is 10.1. The van der Waals surface area contributed by atoms with Crippen molar-refractivity contribution in [3.63, 3.8) is 0 Å². The van der Waals surface area contributed by atoms with Crippen LogP contribution in [0.5, 0.6) is 23.0 Å². The number of alkyl halides is 3.